The van der Waals surface area contributed by atoms with E-state index >= 15 is 0 Å². The van der Waals surface area contributed by atoms with Gasteiger partial charge in [0.15, 0.2) is 18.1 Å². The summed E-state index contributed by atoms with van der Waals surface area (Å²) in [7, 11) is 5.29. The SMILES string of the molecule is COC(=O)C1=C(C)NC(=O)N[C@@H]1c1ccc(OCC(=O)N/N=C\c2cc([N+](=O)[O-])c(OC)cc2OC)c(OC)c1. The van der Waals surface area contributed by atoms with Gasteiger partial charge in [-0.1, -0.05) is 6.07 Å². The summed E-state index contributed by atoms with van der Waals surface area (Å²) in [5, 5.41) is 20.3. The number of benzene rings is 2. The Balaban J connectivity index is 1.71. The number of nitro groups is 1. The number of nitrogens with one attached hydrogen (secondary N) is 3. The Kier molecular flexibility index (Phi) is 9.46. The minimum absolute atomic E-state index is 0.00612. The molecule has 1 aliphatic heterocycles. The Labute approximate surface area is 228 Å². The lowest BCUT2D eigenvalue weighted by molar-refractivity contribution is -0.385. The molecular weight excluding hydrogens is 530 g/mol. The van der Waals surface area contributed by atoms with E-state index in [1.165, 1.54) is 52.9 Å². The van der Waals surface area contributed by atoms with E-state index in [0.717, 1.165) is 0 Å². The summed E-state index contributed by atoms with van der Waals surface area (Å²) < 4.78 is 26.0. The van der Waals surface area contributed by atoms with E-state index in [1.807, 2.05) is 0 Å². The fourth-order valence-corrected chi connectivity index (χ4v) is 3.81. The summed E-state index contributed by atoms with van der Waals surface area (Å²) in [5.74, 6) is -0.564. The number of rotatable bonds is 11. The monoisotopic (exact) mass is 557 g/mol. The van der Waals surface area contributed by atoms with Gasteiger partial charge < -0.3 is 34.3 Å². The standard InChI is InChI=1S/C25H27N5O10/c1-13-22(24(32)39-5)23(28-25(33)27-13)14-6-7-17(20(9-14)38-4)40-12-21(31)29-26-11-15-8-16(30(34)35)19(37-3)10-18(15)36-2/h6-11,23H,12H2,1-5H3,(H,29,31)(H2,27,28,33)/b26-11-/t23-/m1/s1. The minimum Gasteiger partial charge on any atom is -0.496 e. The quantitative estimate of drug-likeness (QED) is 0.159. The number of urea groups is 1. The van der Waals surface area contributed by atoms with Crippen LogP contribution in [0.5, 0.6) is 23.0 Å². The number of allylic oxidation sites excluding steroid dienone is 1. The van der Waals surface area contributed by atoms with E-state index in [-0.39, 0.29) is 39.8 Å². The van der Waals surface area contributed by atoms with Crippen molar-refractivity contribution in [1.82, 2.24) is 16.1 Å². The molecule has 212 valence electrons. The lowest BCUT2D eigenvalue weighted by Crippen LogP contribution is -2.45. The van der Waals surface area contributed by atoms with E-state index in [2.05, 4.69) is 21.2 Å². The Morgan fingerprint density at radius 1 is 1.05 bits per heavy atom. The largest absolute Gasteiger partial charge is 0.496 e. The van der Waals surface area contributed by atoms with Crippen LogP contribution in [0.1, 0.15) is 24.1 Å². The predicted octanol–water partition coefficient (Wildman–Crippen LogP) is 1.95. The lowest BCUT2D eigenvalue weighted by Gasteiger charge is -2.28. The van der Waals surface area contributed by atoms with Crippen LogP contribution in [0.15, 0.2) is 46.7 Å². The maximum Gasteiger partial charge on any atom is 0.337 e. The van der Waals surface area contributed by atoms with Gasteiger partial charge in [0.1, 0.15) is 5.75 Å². The number of nitro benzene ring substituents is 1. The second kappa shape index (κ2) is 12.9. The van der Waals surface area contributed by atoms with E-state index in [9.17, 15) is 24.5 Å². The molecule has 0 aromatic heterocycles. The number of hydrogen-bond acceptors (Lipinski definition) is 11. The molecule has 3 N–H and O–H groups in total. The van der Waals surface area contributed by atoms with Crippen LogP contribution >= 0.6 is 0 Å². The van der Waals surface area contributed by atoms with E-state index < -0.39 is 35.5 Å². The molecule has 1 aliphatic rings. The Bertz CT molecular complexity index is 1390. The van der Waals surface area contributed by atoms with Crippen molar-refractivity contribution < 1.29 is 43.0 Å². The first-order valence-electron chi connectivity index (χ1n) is 11.5. The predicted molar refractivity (Wildman–Crippen MR) is 140 cm³/mol. The van der Waals surface area contributed by atoms with Crippen LogP contribution in [0.2, 0.25) is 0 Å². The summed E-state index contributed by atoms with van der Waals surface area (Å²) in [4.78, 5) is 47.3. The van der Waals surface area contributed by atoms with Crippen molar-refractivity contribution >= 4 is 29.8 Å². The maximum atomic E-state index is 12.3. The molecule has 3 amide bonds. The van der Waals surface area contributed by atoms with Crippen molar-refractivity contribution in [2.45, 2.75) is 13.0 Å². The molecule has 0 bridgehead atoms. The van der Waals surface area contributed by atoms with Gasteiger partial charge in [-0.3, -0.25) is 14.9 Å². The van der Waals surface area contributed by atoms with Crippen LogP contribution in [0.25, 0.3) is 0 Å². The van der Waals surface area contributed by atoms with Crippen molar-refractivity contribution in [3.63, 3.8) is 0 Å². The van der Waals surface area contributed by atoms with E-state index in [1.54, 1.807) is 19.1 Å². The number of esters is 1. The number of amides is 3. The fourth-order valence-electron chi connectivity index (χ4n) is 3.81. The van der Waals surface area contributed by atoms with Crippen LogP contribution in [-0.4, -0.2) is 64.1 Å². The number of methoxy groups -OCH3 is 4. The second-order valence-electron chi connectivity index (χ2n) is 8.08. The summed E-state index contributed by atoms with van der Waals surface area (Å²) in [6, 6.07) is 5.90. The highest BCUT2D eigenvalue weighted by atomic mass is 16.6. The normalized spacial score (nSPS) is 14.6. The number of hydrazone groups is 1. The van der Waals surface area contributed by atoms with E-state index in [0.29, 0.717) is 11.3 Å². The van der Waals surface area contributed by atoms with Crippen LogP contribution < -0.4 is 35.0 Å². The minimum atomic E-state index is -0.812. The molecule has 0 unspecified atom stereocenters. The molecule has 0 fully saturated rings. The fraction of sp³-hybridized carbons (Fsp3) is 0.280. The smallest absolute Gasteiger partial charge is 0.337 e. The van der Waals surface area contributed by atoms with Gasteiger partial charge in [-0.15, -0.1) is 0 Å². The second-order valence-corrected chi connectivity index (χ2v) is 8.08. The molecule has 0 saturated heterocycles. The molecule has 15 nitrogen and oxygen atoms in total. The zero-order valence-electron chi connectivity index (χ0n) is 22.2. The van der Waals surface area contributed by atoms with Crippen molar-refractivity contribution in [2.24, 2.45) is 5.10 Å². The van der Waals surface area contributed by atoms with Crippen LogP contribution in [0, 0.1) is 10.1 Å². The first-order chi connectivity index (χ1) is 19.1. The van der Waals surface area contributed by atoms with Gasteiger partial charge in [-0.2, -0.15) is 5.10 Å². The summed E-state index contributed by atoms with van der Waals surface area (Å²) in [6.07, 6.45) is 1.18. The zero-order chi connectivity index (χ0) is 29.4. The number of carbonyl (C=O) groups is 3. The molecule has 0 aliphatic carbocycles. The van der Waals surface area contributed by atoms with Crippen molar-refractivity contribution in [3.05, 3.63) is 62.8 Å². The molecule has 15 heteroatoms. The van der Waals surface area contributed by atoms with Crippen molar-refractivity contribution in [1.29, 1.82) is 0 Å². The van der Waals surface area contributed by atoms with Crippen LogP contribution in [0.3, 0.4) is 0 Å². The van der Waals surface area contributed by atoms with Gasteiger partial charge in [-0.05, 0) is 24.6 Å². The summed E-state index contributed by atoms with van der Waals surface area (Å²) in [6.45, 7) is 1.13. The molecule has 0 spiro atoms. The van der Waals surface area contributed by atoms with Crippen LogP contribution in [0.4, 0.5) is 10.5 Å². The zero-order valence-corrected chi connectivity index (χ0v) is 22.2. The average Bonchev–Trinajstić information content (AvgIpc) is 2.94. The van der Waals surface area contributed by atoms with Crippen molar-refractivity contribution in [3.8, 4) is 23.0 Å². The number of nitrogens with zero attached hydrogens (tertiary/aromatic N) is 2. The molecule has 0 radical (unpaired) electrons. The molecule has 2 aromatic carbocycles. The van der Waals surface area contributed by atoms with Gasteiger partial charge >= 0.3 is 17.7 Å². The number of carbonyl (C=O) groups excluding carboxylic acids is 3. The maximum absolute atomic E-state index is 12.3. The van der Waals surface area contributed by atoms with Crippen molar-refractivity contribution in [2.75, 3.05) is 35.0 Å². The highest BCUT2D eigenvalue weighted by Gasteiger charge is 2.32. The summed E-state index contributed by atoms with van der Waals surface area (Å²) >= 11 is 0. The van der Waals surface area contributed by atoms with E-state index in [4.69, 9.17) is 23.7 Å². The Hall–Kier alpha value is -5.34. The van der Waals surface area contributed by atoms with Gasteiger partial charge in [0.2, 0.25) is 5.75 Å². The highest BCUT2D eigenvalue weighted by molar-refractivity contribution is 5.95. The van der Waals surface area contributed by atoms with Crippen LogP contribution in [-0.2, 0) is 14.3 Å². The molecular formula is C25H27N5O10. The first kappa shape index (κ1) is 29.2. The molecule has 1 atom stereocenters. The Morgan fingerprint density at radius 2 is 1.75 bits per heavy atom. The third kappa shape index (κ3) is 6.56. The molecule has 0 saturated carbocycles. The third-order valence-electron chi connectivity index (χ3n) is 5.68. The Morgan fingerprint density at radius 3 is 2.38 bits per heavy atom. The topological polar surface area (TPSA) is 189 Å². The van der Waals surface area contributed by atoms with Gasteiger partial charge in [0.05, 0.1) is 51.2 Å². The molecule has 2 aromatic rings. The highest BCUT2D eigenvalue weighted by Crippen LogP contribution is 2.35. The molecule has 40 heavy (non-hydrogen) atoms. The summed E-state index contributed by atoms with van der Waals surface area (Å²) in [5.41, 5.74) is 3.26. The average molecular weight is 558 g/mol. The van der Waals surface area contributed by atoms with Gasteiger partial charge in [-0.25, -0.2) is 15.0 Å². The molecule has 3 rings (SSSR count). The number of hydrogen-bond donors (Lipinski definition) is 3. The van der Waals surface area contributed by atoms with Gasteiger partial charge in [0, 0.05) is 23.4 Å². The first-order valence-corrected chi connectivity index (χ1v) is 11.5. The molecule has 1 heterocycles. The third-order valence-corrected chi connectivity index (χ3v) is 5.68. The number of ether oxygens (including phenoxy) is 5. The lowest BCUT2D eigenvalue weighted by atomic mass is 9.95. The van der Waals surface area contributed by atoms with Gasteiger partial charge in [0.25, 0.3) is 5.91 Å².